The first kappa shape index (κ1) is 34.3. The minimum absolute atomic E-state index is 0.00409. The first-order valence-corrected chi connectivity index (χ1v) is 18.6. The van der Waals surface area contributed by atoms with Gasteiger partial charge in [-0.15, -0.1) is 0 Å². The molecule has 0 fully saturated rings. The maximum Gasteiger partial charge on any atom is 0.137 e. The average Bonchev–Trinajstić information content (AvgIpc) is 3.67. The van der Waals surface area contributed by atoms with E-state index in [2.05, 4.69) is 162 Å². The van der Waals surface area contributed by atoms with Crippen molar-refractivity contribution in [3.63, 3.8) is 0 Å². The lowest BCUT2D eigenvalue weighted by Crippen LogP contribution is -2.12. The summed E-state index contributed by atoms with van der Waals surface area (Å²) in [5.74, 6) is 2.82. The van der Waals surface area contributed by atoms with Crippen molar-refractivity contribution in [2.45, 2.75) is 92.4 Å². The Labute approximate surface area is 302 Å². The summed E-state index contributed by atoms with van der Waals surface area (Å²) in [5.41, 5.74) is 11.8. The highest BCUT2D eigenvalue weighted by molar-refractivity contribution is 6.09. The van der Waals surface area contributed by atoms with Crippen LogP contribution < -0.4 is 4.74 Å². The number of ether oxygens (including phenoxy) is 1. The van der Waals surface area contributed by atoms with Crippen LogP contribution in [0.2, 0.25) is 0 Å². The zero-order valence-corrected chi connectivity index (χ0v) is 31.4. The molecule has 5 heteroatoms. The summed E-state index contributed by atoms with van der Waals surface area (Å²) in [6, 6.07) is 35.0. The summed E-state index contributed by atoms with van der Waals surface area (Å²) in [7, 11) is 0. The van der Waals surface area contributed by atoms with Gasteiger partial charge in [0.05, 0.1) is 28.1 Å². The van der Waals surface area contributed by atoms with E-state index in [1.165, 1.54) is 44.3 Å². The number of hydrogen-bond acceptors (Lipinski definition) is 3. The van der Waals surface area contributed by atoms with E-state index in [1.54, 1.807) is 0 Å². The van der Waals surface area contributed by atoms with Gasteiger partial charge in [0.1, 0.15) is 17.3 Å². The molecule has 7 rings (SSSR count). The largest absolute Gasteiger partial charge is 0.457 e. The van der Waals surface area contributed by atoms with Gasteiger partial charge in [-0.05, 0) is 101 Å². The van der Waals surface area contributed by atoms with Gasteiger partial charge < -0.3 is 4.74 Å². The van der Waals surface area contributed by atoms with Crippen molar-refractivity contribution in [1.82, 2.24) is 19.3 Å². The third kappa shape index (κ3) is 6.58. The van der Waals surface area contributed by atoms with Crippen molar-refractivity contribution in [1.29, 1.82) is 0 Å². The number of hydrogen-bond donors (Lipinski definition) is 0. The third-order valence-electron chi connectivity index (χ3n) is 10.0. The molecular formula is C46H50N4O. The molecule has 0 amide bonds. The maximum absolute atomic E-state index is 6.81. The van der Waals surface area contributed by atoms with Crippen molar-refractivity contribution in [2.24, 2.45) is 0 Å². The predicted molar refractivity (Wildman–Crippen MR) is 213 cm³/mol. The highest BCUT2D eigenvalue weighted by Gasteiger charge is 2.21. The number of nitrogens with zero attached hydrogens (tertiary/aromatic N) is 4. The van der Waals surface area contributed by atoms with E-state index in [9.17, 15) is 0 Å². The molecule has 0 saturated carbocycles. The second-order valence-electron chi connectivity index (χ2n) is 15.0. The van der Waals surface area contributed by atoms with Crippen LogP contribution in [0.3, 0.4) is 0 Å². The van der Waals surface area contributed by atoms with E-state index in [4.69, 9.17) is 14.8 Å². The van der Waals surface area contributed by atoms with Gasteiger partial charge in [0.2, 0.25) is 0 Å². The Bertz CT molecular complexity index is 2340. The van der Waals surface area contributed by atoms with E-state index < -0.39 is 0 Å². The number of fused-ring (bicyclic) bond motifs is 3. The fraction of sp³-hybridized carbons (Fsp3) is 0.304. The molecule has 7 aromatic rings. The second kappa shape index (κ2) is 13.9. The quantitative estimate of drug-likeness (QED) is 0.145. The van der Waals surface area contributed by atoms with Crippen LogP contribution in [0.1, 0.15) is 95.8 Å². The first-order valence-electron chi connectivity index (χ1n) is 18.6. The Morgan fingerprint density at radius 3 is 2.25 bits per heavy atom. The summed E-state index contributed by atoms with van der Waals surface area (Å²) in [6.45, 7) is 17.8. The van der Waals surface area contributed by atoms with Gasteiger partial charge in [0.15, 0.2) is 0 Å². The van der Waals surface area contributed by atoms with Crippen LogP contribution in [0.25, 0.3) is 44.4 Å². The summed E-state index contributed by atoms with van der Waals surface area (Å²) >= 11 is 0. The highest BCUT2D eigenvalue weighted by Crippen LogP contribution is 2.38. The van der Waals surface area contributed by atoms with Crippen LogP contribution in [0, 0.1) is 0 Å². The van der Waals surface area contributed by atoms with Gasteiger partial charge in [-0.25, -0.2) is 9.67 Å². The molecule has 0 aliphatic heterocycles. The monoisotopic (exact) mass is 674 g/mol. The number of pyridine rings is 1. The minimum Gasteiger partial charge on any atom is -0.457 e. The Morgan fingerprint density at radius 1 is 0.745 bits per heavy atom. The number of aromatic nitrogens is 4. The van der Waals surface area contributed by atoms with Crippen LogP contribution in [0.15, 0.2) is 103 Å². The molecule has 0 unspecified atom stereocenters. The molecule has 0 aliphatic carbocycles. The van der Waals surface area contributed by atoms with Crippen LogP contribution in [-0.2, 0) is 24.7 Å². The second-order valence-corrected chi connectivity index (χ2v) is 15.0. The van der Waals surface area contributed by atoms with Crippen LogP contribution in [0.5, 0.6) is 11.5 Å². The Hall–Kier alpha value is -5.16. The van der Waals surface area contributed by atoms with Crippen molar-refractivity contribution in [3.05, 3.63) is 131 Å². The molecule has 0 aliphatic rings. The predicted octanol–water partition coefficient (Wildman–Crippen LogP) is 12.3. The molecule has 5 nitrogen and oxygen atoms in total. The molecule has 3 heterocycles. The fourth-order valence-electron chi connectivity index (χ4n) is 7.30. The number of benzene rings is 4. The third-order valence-corrected chi connectivity index (χ3v) is 10.0. The molecule has 0 spiro atoms. The SMILES string of the molecule is CCCc1ccc2c(c1)c1ccc(Oc3cc(C(C)C)cc(-n4nc(CC)c(-c5ccccc5)c4CC)c3)cc1n2-c1cc(C(C)(C)C)ccn1. The molecule has 0 radical (unpaired) electrons. The summed E-state index contributed by atoms with van der Waals surface area (Å²) in [5, 5.41) is 7.63. The molecule has 0 N–H and O–H groups in total. The van der Waals surface area contributed by atoms with Crippen LogP contribution in [0.4, 0.5) is 0 Å². The van der Waals surface area contributed by atoms with Gasteiger partial charge in [0.25, 0.3) is 0 Å². The molecule has 0 atom stereocenters. The van der Waals surface area contributed by atoms with E-state index in [1.807, 2.05) is 6.20 Å². The zero-order valence-electron chi connectivity index (χ0n) is 31.4. The molecule has 4 aromatic carbocycles. The van der Waals surface area contributed by atoms with Crippen molar-refractivity contribution < 1.29 is 4.74 Å². The molecule has 3 aromatic heterocycles. The topological polar surface area (TPSA) is 44.9 Å². The zero-order chi connectivity index (χ0) is 35.9. The molecule has 260 valence electrons. The van der Waals surface area contributed by atoms with E-state index in [-0.39, 0.29) is 5.41 Å². The smallest absolute Gasteiger partial charge is 0.137 e. The number of aryl methyl sites for hydroxylation is 2. The maximum atomic E-state index is 6.81. The Balaban J connectivity index is 1.37. The number of rotatable bonds is 10. The molecule has 51 heavy (non-hydrogen) atoms. The minimum atomic E-state index is 0.00409. The average molecular weight is 675 g/mol. The van der Waals surface area contributed by atoms with Crippen molar-refractivity contribution >= 4 is 21.8 Å². The van der Waals surface area contributed by atoms with Crippen molar-refractivity contribution in [2.75, 3.05) is 0 Å². The Kier molecular flexibility index (Phi) is 9.32. The van der Waals surface area contributed by atoms with Gasteiger partial charge >= 0.3 is 0 Å². The Morgan fingerprint density at radius 2 is 1.55 bits per heavy atom. The molecule has 0 bridgehead atoms. The standard InChI is InChI=1S/C46H50N4O/c1-9-15-31-18-21-42-39(24-31)38-20-19-36(29-43(38)49(42)44-27-34(22-23-47-44)46(6,7)8)51-37-26-33(30(4)5)25-35(28-37)50-41(11-3)45(40(10-2)48-50)32-16-13-12-14-17-32/h12-14,16-30H,9-11,15H2,1-8H3. The van der Waals surface area contributed by atoms with E-state index >= 15 is 0 Å². The normalized spacial score (nSPS) is 12.0. The highest BCUT2D eigenvalue weighted by atomic mass is 16.5. The molecular weight excluding hydrogens is 625 g/mol. The molecule has 0 saturated heterocycles. The van der Waals surface area contributed by atoms with Crippen molar-refractivity contribution in [3.8, 4) is 34.1 Å². The van der Waals surface area contributed by atoms with E-state index in [0.29, 0.717) is 5.92 Å². The van der Waals surface area contributed by atoms with Gasteiger partial charge in [-0.2, -0.15) is 5.10 Å². The lowest BCUT2D eigenvalue weighted by Gasteiger charge is -2.20. The summed E-state index contributed by atoms with van der Waals surface area (Å²) in [6.07, 6.45) is 5.83. The summed E-state index contributed by atoms with van der Waals surface area (Å²) in [4.78, 5) is 4.91. The van der Waals surface area contributed by atoms with Gasteiger partial charge in [-0.3, -0.25) is 4.57 Å². The van der Waals surface area contributed by atoms with Crippen LogP contribution >= 0.6 is 0 Å². The van der Waals surface area contributed by atoms with E-state index in [0.717, 1.165) is 65.4 Å². The lowest BCUT2D eigenvalue weighted by atomic mass is 9.88. The van der Waals surface area contributed by atoms with Gasteiger partial charge in [0, 0.05) is 34.7 Å². The summed E-state index contributed by atoms with van der Waals surface area (Å²) < 4.78 is 11.3. The lowest BCUT2D eigenvalue weighted by molar-refractivity contribution is 0.481. The first-order chi connectivity index (χ1) is 24.6. The van der Waals surface area contributed by atoms with Crippen LogP contribution in [-0.4, -0.2) is 19.3 Å². The van der Waals surface area contributed by atoms with Gasteiger partial charge in [-0.1, -0.05) is 98.2 Å². The fourth-order valence-corrected chi connectivity index (χ4v) is 7.30.